The number of carbonyl (C=O) groups excluding carboxylic acids is 1. The van der Waals surface area contributed by atoms with Gasteiger partial charge in [-0.3, -0.25) is 9.69 Å². The Balaban J connectivity index is 2.19. The Kier molecular flexibility index (Phi) is 4.10. The summed E-state index contributed by atoms with van der Waals surface area (Å²) in [5.74, 6) is 0.954. The second-order valence-corrected chi connectivity index (χ2v) is 6.10. The molecule has 104 valence electrons. The Morgan fingerprint density at radius 3 is 2.21 bits per heavy atom. The monoisotopic (exact) mass is 259 g/mol. The van der Waals surface area contributed by atoms with Crippen molar-refractivity contribution in [2.45, 2.75) is 51.0 Å². The highest BCUT2D eigenvalue weighted by Gasteiger charge is 2.34. The third-order valence-electron chi connectivity index (χ3n) is 4.91. The van der Waals surface area contributed by atoms with Crippen molar-refractivity contribution in [3.05, 3.63) is 35.4 Å². The fraction of sp³-hybridized carbons (Fsp3) is 0.588. The molecule has 0 bridgehead atoms. The second kappa shape index (κ2) is 5.46. The largest absolute Gasteiger partial charge is 0.297 e. The molecule has 0 heterocycles. The third kappa shape index (κ3) is 2.59. The number of hydrogen-bond acceptors (Lipinski definition) is 2. The Morgan fingerprint density at radius 1 is 1.26 bits per heavy atom. The molecule has 19 heavy (non-hydrogen) atoms. The van der Waals surface area contributed by atoms with Crippen LogP contribution in [0.25, 0.3) is 0 Å². The lowest BCUT2D eigenvalue weighted by molar-refractivity contribution is 0.0710. The van der Waals surface area contributed by atoms with Crippen LogP contribution in [0.2, 0.25) is 0 Å². The van der Waals surface area contributed by atoms with Crippen LogP contribution < -0.4 is 0 Å². The standard InChI is InChI=1S/C17H25NO/c1-5-17(2,18(3)4)16(19)15-11-9-14(10-12-15)13-7-6-8-13/h9-13H,5-8H2,1-4H3. The van der Waals surface area contributed by atoms with E-state index in [2.05, 4.69) is 19.1 Å². The fourth-order valence-electron chi connectivity index (χ4n) is 2.64. The summed E-state index contributed by atoms with van der Waals surface area (Å²) in [6.45, 7) is 4.09. The molecule has 2 nitrogen and oxygen atoms in total. The zero-order valence-electron chi connectivity index (χ0n) is 12.6. The molecule has 1 aromatic rings. The number of carbonyl (C=O) groups is 1. The molecule has 1 atom stereocenters. The summed E-state index contributed by atoms with van der Waals surface area (Å²) in [4.78, 5) is 14.7. The van der Waals surface area contributed by atoms with Gasteiger partial charge in [0, 0.05) is 5.56 Å². The minimum Gasteiger partial charge on any atom is -0.297 e. The first kappa shape index (κ1) is 14.3. The highest BCUT2D eigenvalue weighted by molar-refractivity contribution is 6.02. The molecule has 0 amide bonds. The predicted molar refractivity (Wildman–Crippen MR) is 79.7 cm³/mol. The van der Waals surface area contributed by atoms with Crippen molar-refractivity contribution in [2.75, 3.05) is 14.1 Å². The summed E-state index contributed by atoms with van der Waals surface area (Å²) < 4.78 is 0. The molecular weight excluding hydrogens is 234 g/mol. The van der Waals surface area contributed by atoms with E-state index in [0.717, 1.165) is 17.9 Å². The van der Waals surface area contributed by atoms with E-state index in [0.29, 0.717) is 0 Å². The first-order valence-electron chi connectivity index (χ1n) is 7.31. The maximum absolute atomic E-state index is 12.7. The molecular formula is C17H25NO. The molecule has 0 aromatic heterocycles. The van der Waals surface area contributed by atoms with Crippen LogP contribution >= 0.6 is 0 Å². The molecule has 1 unspecified atom stereocenters. The van der Waals surface area contributed by atoms with Gasteiger partial charge < -0.3 is 0 Å². The van der Waals surface area contributed by atoms with Crippen LogP contribution in [0.15, 0.2) is 24.3 Å². The minimum atomic E-state index is -0.405. The van der Waals surface area contributed by atoms with Crippen LogP contribution in [-0.4, -0.2) is 30.3 Å². The Labute approximate surface area is 116 Å². The van der Waals surface area contributed by atoms with Gasteiger partial charge in [0.05, 0.1) is 5.54 Å². The van der Waals surface area contributed by atoms with Gasteiger partial charge in [-0.15, -0.1) is 0 Å². The average molecular weight is 259 g/mol. The first-order valence-corrected chi connectivity index (χ1v) is 7.31. The molecule has 0 saturated heterocycles. The van der Waals surface area contributed by atoms with Gasteiger partial charge in [-0.05, 0) is 51.8 Å². The molecule has 2 rings (SSSR count). The molecule has 1 aromatic carbocycles. The van der Waals surface area contributed by atoms with E-state index < -0.39 is 5.54 Å². The number of ketones is 1. The van der Waals surface area contributed by atoms with Crippen molar-refractivity contribution in [2.24, 2.45) is 0 Å². The average Bonchev–Trinajstić information content (AvgIpc) is 2.35. The number of benzene rings is 1. The number of hydrogen-bond donors (Lipinski definition) is 0. The van der Waals surface area contributed by atoms with E-state index in [1.54, 1.807) is 0 Å². The van der Waals surface area contributed by atoms with E-state index in [1.807, 2.05) is 38.1 Å². The van der Waals surface area contributed by atoms with E-state index in [4.69, 9.17) is 0 Å². The Hall–Kier alpha value is -1.15. The first-order chi connectivity index (χ1) is 8.99. The summed E-state index contributed by atoms with van der Waals surface area (Å²) >= 11 is 0. The summed E-state index contributed by atoms with van der Waals surface area (Å²) in [6, 6.07) is 8.30. The molecule has 0 spiro atoms. The SMILES string of the molecule is CCC(C)(C(=O)c1ccc(C2CCC2)cc1)N(C)C. The lowest BCUT2D eigenvalue weighted by Crippen LogP contribution is -2.48. The van der Waals surface area contributed by atoms with E-state index in [9.17, 15) is 4.79 Å². The predicted octanol–water partition coefficient (Wildman–Crippen LogP) is 3.87. The molecule has 1 saturated carbocycles. The van der Waals surface area contributed by atoms with Crippen molar-refractivity contribution < 1.29 is 4.79 Å². The van der Waals surface area contributed by atoms with Gasteiger partial charge in [0.15, 0.2) is 5.78 Å². The summed E-state index contributed by atoms with van der Waals surface area (Å²) in [7, 11) is 3.95. The van der Waals surface area contributed by atoms with Crippen LogP contribution in [0.1, 0.15) is 61.4 Å². The van der Waals surface area contributed by atoms with Gasteiger partial charge in [0.2, 0.25) is 0 Å². The van der Waals surface area contributed by atoms with Crippen molar-refractivity contribution in [1.29, 1.82) is 0 Å². The van der Waals surface area contributed by atoms with Gasteiger partial charge in [-0.25, -0.2) is 0 Å². The molecule has 1 aliphatic rings. The van der Waals surface area contributed by atoms with Crippen LogP contribution in [0.5, 0.6) is 0 Å². The lowest BCUT2D eigenvalue weighted by atomic mass is 9.79. The van der Waals surface area contributed by atoms with Gasteiger partial charge >= 0.3 is 0 Å². The molecule has 1 fully saturated rings. The fourth-order valence-corrected chi connectivity index (χ4v) is 2.64. The van der Waals surface area contributed by atoms with Crippen molar-refractivity contribution in [3.63, 3.8) is 0 Å². The Bertz CT molecular complexity index is 445. The second-order valence-electron chi connectivity index (χ2n) is 6.10. The summed E-state index contributed by atoms with van der Waals surface area (Å²) in [5, 5.41) is 0. The van der Waals surface area contributed by atoms with Crippen molar-refractivity contribution >= 4 is 5.78 Å². The summed E-state index contributed by atoms with van der Waals surface area (Å²) in [6.07, 6.45) is 4.78. The lowest BCUT2D eigenvalue weighted by Gasteiger charge is -2.34. The van der Waals surface area contributed by atoms with Crippen LogP contribution in [-0.2, 0) is 0 Å². The Morgan fingerprint density at radius 2 is 1.84 bits per heavy atom. The molecule has 0 N–H and O–H groups in total. The van der Waals surface area contributed by atoms with Gasteiger partial charge in [0.25, 0.3) is 0 Å². The number of likely N-dealkylation sites (N-methyl/N-ethyl adjacent to an activating group) is 1. The maximum Gasteiger partial charge on any atom is 0.182 e. The number of rotatable bonds is 5. The van der Waals surface area contributed by atoms with Crippen LogP contribution in [0.3, 0.4) is 0 Å². The zero-order chi connectivity index (χ0) is 14.0. The summed E-state index contributed by atoms with van der Waals surface area (Å²) in [5.41, 5.74) is 1.82. The van der Waals surface area contributed by atoms with Gasteiger partial charge in [-0.1, -0.05) is 37.6 Å². The number of Topliss-reactive ketones (excluding diaryl/α,β-unsaturated/α-hetero) is 1. The molecule has 2 heteroatoms. The minimum absolute atomic E-state index is 0.222. The normalized spacial score (nSPS) is 19.0. The number of nitrogens with zero attached hydrogens (tertiary/aromatic N) is 1. The highest BCUT2D eigenvalue weighted by Crippen LogP contribution is 2.36. The van der Waals surface area contributed by atoms with Crippen LogP contribution in [0.4, 0.5) is 0 Å². The molecule has 1 aliphatic carbocycles. The van der Waals surface area contributed by atoms with E-state index >= 15 is 0 Å². The highest BCUT2D eigenvalue weighted by atomic mass is 16.1. The maximum atomic E-state index is 12.7. The van der Waals surface area contributed by atoms with Crippen LogP contribution in [0, 0.1) is 0 Å². The van der Waals surface area contributed by atoms with Crippen molar-refractivity contribution in [1.82, 2.24) is 4.90 Å². The quantitative estimate of drug-likeness (QED) is 0.748. The van der Waals surface area contributed by atoms with Gasteiger partial charge in [0.1, 0.15) is 0 Å². The van der Waals surface area contributed by atoms with E-state index in [1.165, 1.54) is 24.8 Å². The molecule has 0 aliphatic heterocycles. The molecule has 0 radical (unpaired) electrons. The topological polar surface area (TPSA) is 20.3 Å². The smallest absolute Gasteiger partial charge is 0.182 e. The zero-order valence-corrected chi connectivity index (χ0v) is 12.6. The third-order valence-corrected chi connectivity index (χ3v) is 4.91. The van der Waals surface area contributed by atoms with Gasteiger partial charge in [-0.2, -0.15) is 0 Å². The van der Waals surface area contributed by atoms with Crippen molar-refractivity contribution in [3.8, 4) is 0 Å². The van der Waals surface area contributed by atoms with E-state index in [-0.39, 0.29) is 5.78 Å².